The molecule has 1 aliphatic rings. The summed E-state index contributed by atoms with van der Waals surface area (Å²) in [5.41, 5.74) is 1.01. The molecule has 0 amide bonds. The Kier molecular flexibility index (Phi) is 1.03. The molecule has 2 rings (SSSR count). The fourth-order valence-electron chi connectivity index (χ4n) is 0.969. The summed E-state index contributed by atoms with van der Waals surface area (Å²) in [5.74, 6) is 1.71. The van der Waals surface area contributed by atoms with Crippen LogP contribution in [0.25, 0.3) is 0 Å². The van der Waals surface area contributed by atoms with E-state index >= 15 is 0 Å². The Bertz CT molecular complexity index is 260. The van der Waals surface area contributed by atoms with Crippen LogP contribution < -0.4 is 10.1 Å². The number of hydrogen-bond donors (Lipinski definition) is 1. The second kappa shape index (κ2) is 1.87. The van der Waals surface area contributed by atoms with Gasteiger partial charge in [0.05, 0.1) is 0 Å². The first-order valence-electron chi connectivity index (χ1n) is 3.20. The summed E-state index contributed by atoms with van der Waals surface area (Å²) in [6, 6.07) is 3.86. The lowest BCUT2D eigenvalue weighted by molar-refractivity contribution is 0.372. The smallest absolute Gasteiger partial charge is 0.171 e. The Balaban J connectivity index is 2.52. The highest BCUT2D eigenvalue weighted by atomic mass is 16.5. The van der Waals surface area contributed by atoms with E-state index in [2.05, 4.69) is 10.3 Å². The summed E-state index contributed by atoms with van der Waals surface area (Å²) in [6.45, 7) is 2.51. The topological polar surface area (TPSA) is 34.2 Å². The van der Waals surface area contributed by atoms with Crippen molar-refractivity contribution in [3.05, 3.63) is 17.8 Å². The zero-order valence-corrected chi connectivity index (χ0v) is 5.72. The van der Waals surface area contributed by atoms with Gasteiger partial charge in [-0.3, -0.25) is 0 Å². The number of nitrogens with one attached hydrogen (secondary N) is 1. The lowest BCUT2D eigenvalue weighted by Gasteiger charge is -1.95. The number of aryl methyl sites for hydroxylation is 1. The van der Waals surface area contributed by atoms with Gasteiger partial charge in [0.25, 0.3) is 0 Å². The molecule has 0 bridgehead atoms. The van der Waals surface area contributed by atoms with Crippen LogP contribution in [-0.2, 0) is 0 Å². The van der Waals surface area contributed by atoms with Gasteiger partial charge in [-0.25, -0.2) is 4.98 Å². The minimum atomic E-state index is 0.547. The van der Waals surface area contributed by atoms with Crippen molar-refractivity contribution in [2.45, 2.75) is 6.92 Å². The predicted molar refractivity (Wildman–Crippen MR) is 38.1 cm³/mol. The molecule has 0 aromatic carbocycles. The van der Waals surface area contributed by atoms with Crippen LogP contribution in [0.3, 0.4) is 0 Å². The molecule has 3 nitrogen and oxygen atoms in total. The van der Waals surface area contributed by atoms with Gasteiger partial charge in [-0.1, -0.05) is 0 Å². The lowest BCUT2D eigenvalue weighted by atomic mass is 10.3. The summed E-state index contributed by atoms with van der Waals surface area (Å²) < 4.78 is 5.18. The van der Waals surface area contributed by atoms with Crippen LogP contribution in [0.5, 0.6) is 5.75 Å². The molecule has 0 fully saturated rings. The molecule has 52 valence electrons. The minimum absolute atomic E-state index is 0.547. The molecule has 0 saturated carbocycles. The predicted octanol–water partition coefficient (Wildman–Crippen LogP) is 1.15. The maximum atomic E-state index is 5.18. The Morgan fingerprint density at radius 3 is 3.40 bits per heavy atom. The SMILES string of the molecule is Cc1ccc2c(n1)NCO2. The maximum absolute atomic E-state index is 5.18. The third-order valence-electron chi connectivity index (χ3n) is 1.46. The Hall–Kier alpha value is -1.25. The number of nitrogens with zero attached hydrogens (tertiary/aromatic N) is 1. The zero-order chi connectivity index (χ0) is 6.97. The number of rotatable bonds is 0. The molecule has 0 saturated heterocycles. The number of ether oxygens (including phenoxy) is 1. The molecule has 10 heavy (non-hydrogen) atoms. The van der Waals surface area contributed by atoms with Crippen LogP contribution in [0, 0.1) is 6.92 Å². The van der Waals surface area contributed by atoms with Crippen molar-refractivity contribution in [2.75, 3.05) is 12.0 Å². The molecule has 0 spiro atoms. The van der Waals surface area contributed by atoms with E-state index in [9.17, 15) is 0 Å². The molecule has 3 heteroatoms. The molecule has 1 aliphatic heterocycles. The van der Waals surface area contributed by atoms with Crippen molar-refractivity contribution >= 4 is 5.82 Å². The summed E-state index contributed by atoms with van der Waals surface area (Å²) in [5, 5.41) is 3.01. The van der Waals surface area contributed by atoms with Crippen LogP contribution in [0.15, 0.2) is 12.1 Å². The quantitative estimate of drug-likeness (QED) is 0.581. The maximum Gasteiger partial charge on any atom is 0.171 e. The fraction of sp³-hybridized carbons (Fsp3) is 0.286. The van der Waals surface area contributed by atoms with Crippen LogP contribution in [0.4, 0.5) is 5.82 Å². The highest BCUT2D eigenvalue weighted by molar-refractivity contribution is 5.53. The van der Waals surface area contributed by atoms with Gasteiger partial charge in [-0.15, -0.1) is 0 Å². The van der Waals surface area contributed by atoms with Crippen molar-refractivity contribution in [3.63, 3.8) is 0 Å². The number of hydrogen-bond acceptors (Lipinski definition) is 3. The van der Waals surface area contributed by atoms with E-state index in [-0.39, 0.29) is 0 Å². The summed E-state index contributed by atoms with van der Waals surface area (Å²) >= 11 is 0. The van der Waals surface area contributed by atoms with Crippen LogP contribution >= 0.6 is 0 Å². The molecule has 0 atom stereocenters. The van der Waals surface area contributed by atoms with Gasteiger partial charge >= 0.3 is 0 Å². The van der Waals surface area contributed by atoms with E-state index in [1.54, 1.807) is 0 Å². The monoisotopic (exact) mass is 136 g/mol. The third kappa shape index (κ3) is 0.708. The molecular weight excluding hydrogens is 128 g/mol. The lowest BCUT2D eigenvalue weighted by Crippen LogP contribution is -1.97. The zero-order valence-electron chi connectivity index (χ0n) is 5.72. The second-order valence-electron chi connectivity index (χ2n) is 2.26. The third-order valence-corrected chi connectivity index (χ3v) is 1.46. The van der Waals surface area contributed by atoms with E-state index in [0.717, 1.165) is 17.3 Å². The van der Waals surface area contributed by atoms with E-state index in [4.69, 9.17) is 4.74 Å². The van der Waals surface area contributed by atoms with E-state index in [1.807, 2.05) is 19.1 Å². The summed E-state index contributed by atoms with van der Waals surface area (Å²) in [7, 11) is 0. The number of fused-ring (bicyclic) bond motifs is 1. The molecule has 1 aromatic rings. The molecule has 0 aliphatic carbocycles. The molecule has 1 aromatic heterocycles. The van der Waals surface area contributed by atoms with E-state index in [1.165, 1.54) is 0 Å². The van der Waals surface area contributed by atoms with Crippen molar-refractivity contribution in [3.8, 4) is 5.75 Å². The van der Waals surface area contributed by atoms with Crippen molar-refractivity contribution in [2.24, 2.45) is 0 Å². The number of pyridine rings is 1. The molecule has 2 heterocycles. The number of aromatic nitrogens is 1. The van der Waals surface area contributed by atoms with Gasteiger partial charge in [-0.05, 0) is 19.1 Å². The Morgan fingerprint density at radius 2 is 2.50 bits per heavy atom. The normalized spacial score (nSPS) is 13.7. The van der Waals surface area contributed by atoms with Crippen LogP contribution in [0.1, 0.15) is 5.69 Å². The Morgan fingerprint density at radius 1 is 1.60 bits per heavy atom. The average Bonchev–Trinajstić information content (AvgIpc) is 2.33. The summed E-state index contributed by atoms with van der Waals surface area (Å²) in [6.07, 6.45) is 0. The highest BCUT2D eigenvalue weighted by Gasteiger charge is 2.10. The fourth-order valence-corrected chi connectivity index (χ4v) is 0.969. The first-order chi connectivity index (χ1) is 4.86. The molecule has 0 radical (unpaired) electrons. The first kappa shape index (κ1) is 5.53. The summed E-state index contributed by atoms with van der Waals surface area (Å²) in [4.78, 5) is 4.22. The number of anilines is 1. The van der Waals surface area contributed by atoms with Gasteiger partial charge < -0.3 is 10.1 Å². The molecular formula is C7H8N2O. The van der Waals surface area contributed by atoms with E-state index in [0.29, 0.717) is 6.73 Å². The van der Waals surface area contributed by atoms with Crippen molar-refractivity contribution in [1.29, 1.82) is 0 Å². The standard InChI is InChI=1S/C7H8N2O/c1-5-2-3-6-7(9-5)8-4-10-6/h2-3H,4H2,1H3,(H,8,9). The van der Waals surface area contributed by atoms with Crippen molar-refractivity contribution < 1.29 is 4.74 Å². The van der Waals surface area contributed by atoms with Gasteiger partial charge in [0, 0.05) is 5.69 Å². The Labute approximate surface area is 59.0 Å². The first-order valence-corrected chi connectivity index (χ1v) is 3.20. The van der Waals surface area contributed by atoms with Gasteiger partial charge in [0.15, 0.2) is 18.3 Å². The van der Waals surface area contributed by atoms with Gasteiger partial charge in [-0.2, -0.15) is 0 Å². The van der Waals surface area contributed by atoms with E-state index < -0.39 is 0 Å². The largest absolute Gasteiger partial charge is 0.469 e. The van der Waals surface area contributed by atoms with Crippen molar-refractivity contribution in [1.82, 2.24) is 4.98 Å². The second-order valence-corrected chi connectivity index (χ2v) is 2.26. The average molecular weight is 136 g/mol. The van der Waals surface area contributed by atoms with Gasteiger partial charge in [0.1, 0.15) is 0 Å². The molecule has 1 N–H and O–H groups in total. The van der Waals surface area contributed by atoms with Crippen LogP contribution in [0.2, 0.25) is 0 Å². The highest BCUT2D eigenvalue weighted by Crippen LogP contribution is 2.25. The van der Waals surface area contributed by atoms with Crippen LogP contribution in [-0.4, -0.2) is 11.7 Å². The van der Waals surface area contributed by atoms with Gasteiger partial charge in [0.2, 0.25) is 0 Å². The minimum Gasteiger partial charge on any atom is -0.469 e. The molecule has 0 unspecified atom stereocenters.